The molecule has 0 spiro atoms. The van der Waals surface area contributed by atoms with Crippen LogP contribution in [0.4, 0.5) is 0 Å². The minimum atomic E-state index is -0.511. The Morgan fingerprint density at radius 2 is 2.00 bits per heavy atom. The van der Waals surface area contributed by atoms with Crippen LogP contribution in [0.5, 0.6) is 0 Å². The van der Waals surface area contributed by atoms with Crippen LogP contribution in [-0.4, -0.2) is 24.2 Å². The Hall–Kier alpha value is -0.220. The van der Waals surface area contributed by atoms with Crippen molar-refractivity contribution in [1.29, 1.82) is 0 Å². The van der Waals surface area contributed by atoms with Crippen molar-refractivity contribution in [2.45, 2.75) is 25.1 Å². The van der Waals surface area contributed by atoms with Crippen molar-refractivity contribution in [3.8, 4) is 0 Å². The highest BCUT2D eigenvalue weighted by Crippen LogP contribution is 2.11. The minimum absolute atomic E-state index is 0.0741. The largest absolute Gasteiger partial charge is 0.358 e. The summed E-state index contributed by atoms with van der Waals surface area (Å²) in [6.45, 7) is 3.97. The SMILES string of the molecule is CNC(=O)[C@@H](N)[C@H](S)C(C)C. The normalized spacial score (nSPS) is 16.2. The van der Waals surface area contributed by atoms with Crippen molar-refractivity contribution < 1.29 is 4.79 Å². The maximum Gasteiger partial charge on any atom is 0.237 e. The van der Waals surface area contributed by atoms with E-state index in [1.165, 1.54) is 0 Å². The van der Waals surface area contributed by atoms with Gasteiger partial charge in [-0.15, -0.1) is 0 Å². The summed E-state index contributed by atoms with van der Waals surface area (Å²) in [6, 6.07) is -0.511. The van der Waals surface area contributed by atoms with E-state index in [2.05, 4.69) is 17.9 Å². The Morgan fingerprint density at radius 3 is 2.27 bits per heavy atom. The van der Waals surface area contributed by atoms with Crippen LogP contribution in [0, 0.1) is 5.92 Å². The highest BCUT2D eigenvalue weighted by molar-refractivity contribution is 7.81. The molecule has 0 aliphatic rings. The molecule has 0 heterocycles. The molecule has 0 saturated heterocycles. The number of amides is 1. The summed E-state index contributed by atoms with van der Waals surface area (Å²) in [5, 5.41) is 2.41. The summed E-state index contributed by atoms with van der Waals surface area (Å²) in [5.74, 6) is 0.157. The topological polar surface area (TPSA) is 55.1 Å². The van der Waals surface area contributed by atoms with Crippen molar-refractivity contribution in [3.63, 3.8) is 0 Å². The van der Waals surface area contributed by atoms with Gasteiger partial charge in [-0.3, -0.25) is 4.79 Å². The van der Waals surface area contributed by atoms with Crippen molar-refractivity contribution in [3.05, 3.63) is 0 Å². The zero-order valence-corrected chi connectivity index (χ0v) is 8.06. The third-order valence-electron chi connectivity index (χ3n) is 1.60. The molecule has 2 atom stereocenters. The number of carbonyl (C=O) groups is 1. The van der Waals surface area contributed by atoms with E-state index in [1.54, 1.807) is 7.05 Å². The van der Waals surface area contributed by atoms with Gasteiger partial charge in [0.15, 0.2) is 0 Å². The zero-order valence-electron chi connectivity index (χ0n) is 7.16. The quantitative estimate of drug-likeness (QED) is 0.531. The molecule has 0 bridgehead atoms. The lowest BCUT2D eigenvalue weighted by atomic mass is 10.0. The van der Waals surface area contributed by atoms with Crippen LogP contribution >= 0.6 is 12.6 Å². The summed E-state index contributed by atoms with van der Waals surface area (Å²) in [5.41, 5.74) is 5.58. The fourth-order valence-corrected chi connectivity index (χ4v) is 0.872. The number of likely N-dealkylation sites (N-methyl/N-ethyl adjacent to an activating group) is 1. The van der Waals surface area contributed by atoms with Gasteiger partial charge in [0.25, 0.3) is 0 Å². The molecule has 0 radical (unpaired) electrons. The smallest absolute Gasteiger partial charge is 0.237 e. The van der Waals surface area contributed by atoms with Crippen LogP contribution in [0.15, 0.2) is 0 Å². The Balaban J connectivity index is 4.01. The lowest BCUT2D eigenvalue weighted by molar-refractivity contribution is -0.122. The maximum atomic E-state index is 11.0. The molecule has 0 unspecified atom stereocenters. The fourth-order valence-electron chi connectivity index (χ4n) is 0.736. The van der Waals surface area contributed by atoms with Crippen LogP contribution in [-0.2, 0) is 4.79 Å². The predicted molar refractivity (Wildman–Crippen MR) is 49.7 cm³/mol. The molecule has 0 aliphatic heterocycles. The first kappa shape index (κ1) is 10.8. The summed E-state index contributed by atoms with van der Waals surface area (Å²) >= 11 is 4.23. The number of hydrogen-bond donors (Lipinski definition) is 3. The van der Waals surface area contributed by atoms with Gasteiger partial charge < -0.3 is 11.1 Å². The Labute approximate surface area is 73.1 Å². The van der Waals surface area contributed by atoms with E-state index in [0.29, 0.717) is 5.92 Å². The third-order valence-corrected chi connectivity index (χ3v) is 2.52. The van der Waals surface area contributed by atoms with E-state index in [4.69, 9.17) is 5.73 Å². The number of nitrogens with one attached hydrogen (secondary N) is 1. The highest BCUT2D eigenvalue weighted by atomic mass is 32.1. The molecule has 3 nitrogen and oxygen atoms in total. The third kappa shape index (κ3) is 3.12. The van der Waals surface area contributed by atoms with Gasteiger partial charge in [-0.25, -0.2) is 0 Å². The lowest BCUT2D eigenvalue weighted by Gasteiger charge is -2.20. The van der Waals surface area contributed by atoms with E-state index in [1.807, 2.05) is 13.8 Å². The fraction of sp³-hybridized carbons (Fsp3) is 0.857. The summed E-state index contributed by atoms with van der Waals surface area (Å²) in [4.78, 5) is 11.0. The molecule has 4 heteroatoms. The van der Waals surface area contributed by atoms with Crippen molar-refractivity contribution in [2.24, 2.45) is 11.7 Å². The van der Waals surface area contributed by atoms with Gasteiger partial charge in [0, 0.05) is 12.3 Å². The molecule has 0 aromatic rings. The van der Waals surface area contributed by atoms with Crippen LogP contribution < -0.4 is 11.1 Å². The second-order valence-corrected chi connectivity index (χ2v) is 3.47. The molecule has 0 saturated carbocycles. The monoisotopic (exact) mass is 176 g/mol. The number of nitrogens with two attached hydrogens (primary N) is 1. The number of rotatable bonds is 3. The van der Waals surface area contributed by atoms with E-state index in [-0.39, 0.29) is 11.2 Å². The molecule has 0 aromatic carbocycles. The lowest BCUT2D eigenvalue weighted by Crippen LogP contribution is -2.46. The van der Waals surface area contributed by atoms with Gasteiger partial charge in [-0.2, -0.15) is 12.6 Å². The molecular formula is C7H16N2OS. The van der Waals surface area contributed by atoms with Crippen molar-refractivity contribution in [2.75, 3.05) is 7.05 Å². The highest BCUT2D eigenvalue weighted by Gasteiger charge is 2.22. The molecule has 11 heavy (non-hydrogen) atoms. The van der Waals surface area contributed by atoms with E-state index < -0.39 is 6.04 Å². The molecule has 0 aromatic heterocycles. The first-order chi connectivity index (χ1) is 5.00. The van der Waals surface area contributed by atoms with E-state index >= 15 is 0 Å². The van der Waals surface area contributed by atoms with Crippen LogP contribution in [0.25, 0.3) is 0 Å². The van der Waals surface area contributed by atoms with Gasteiger partial charge in [-0.1, -0.05) is 13.8 Å². The molecule has 1 amide bonds. The predicted octanol–water partition coefficient (Wildman–Crippen LogP) is 0.0141. The molecule has 0 aliphatic carbocycles. The van der Waals surface area contributed by atoms with Crippen LogP contribution in [0.3, 0.4) is 0 Å². The molecular weight excluding hydrogens is 160 g/mol. The molecule has 3 N–H and O–H groups in total. The number of hydrogen-bond acceptors (Lipinski definition) is 3. The van der Waals surface area contributed by atoms with E-state index in [9.17, 15) is 4.79 Å². The second-order valence-electron chi connectivity index (χ2n) is 2.87. The molecule has 0 rings (SSSR count). The summed E-state index contributed by atoms with van der Waals surface area (Å²) in [6.07, 6.45) is 0. The van der Waals surface area contributed by atoms with E-state index in [0.717, 1.165) is 0 Å². The number of carbonyl (C=O) groups excluding carboxylic acids is 1. The first-order valence-corrected chi connectivity index (χ1v) is 4.17. The van der Waals surface area contributed by atoms with Crippen LogP contribution in [0.1, 0.15) is 13.8 Å². The Kier molecular flexibility index (Phi) is 4.52. The van der Waals surface area contributed by atoms with Gasteiger partial charge in [-0.05, 0) is 5.92 Å². The Bertz CT molecular complexity index is 138. The van der Waals surface area contributed by atoms with Gasteiger partial charge in [0.2, 0.25) is 5.91 Å². The van der Waals surface area contributed by atoms with Gasteiger partial charge in [0.05, 0.1) is 6.04 Å². The van der Waals surface area contributed by atoms with Gasteiger partial charge >= 0.3 is 0 Å². The van der Waals surface area contributed by atoms with Crippen molar-refractivity contribution in [1.82, 2.24) is 5.32 Å². The maximum absolute atomic E-state index is 11.0. The minimum Gasteiger partial charge on any atom is -0.358 e. The van der Waals surface area contributed by atoms with Crippen molar-refractivity contribution >= 4 is 18.5 Å². The summed E-state index contributed by atoms with van der Waals surface area (Å²) < 4.78 is 0. The number of thiol groups is 1. The Morgan fingerprint density at radius 1 is 1.55 bits per heavy atom. The molecule has 0 fully saturated rings. The summed E-state index contributed by atoms with van der Waals surface area (Å²) in [7, 11) is 1.57. The average molecular weight is 176 g/mol. The first-order valence-electron chi connectivity index (χ1n) is 3.66. The zero-order chi connectivity index (χ0) is 9.02. The van der Waals surface area contributed by atoms with Gasteiger partial charge in [0.1, 0.15) is 0 Å². The standard InChI is InChI=1S/C7H16N2OS/c1-4(2)6(11)5(8)7(10)9-3/h4-6,11H,8H2,1-3H3,(H,9,10)/t5-,6+/m0/s1. The molecule has 66 valence electrons. The van der Waals surface area contributed by atoms with Crippen LogP contribution in [0.2, 0.25) is 0 Å². The average Bonchev–Trinajstić information content (AvgIpc) is 2.00. The second kappa shape index (κ2) is 4.62.